The molecule has 6 heteroatoms. The lowest BCUT2D eigenvalue weighted by atomic mass is 9.78. The van der Waals surface area contributed by atoms with Crippen molar-refractivity contribution in [2.24, 2.45) is 0 Å². The summed E-state index contributed by atoms with van der Waals surface area (Å²) in [7, 11) is 0. The number of hydrogen-bond donors (Lipinski definition) is 0. The highest BCUT2D eigenvalue weighted by Gasteiger charge is 2.24. The summed E-state index contributed by atoms with van der Waals surface area (Å²) < 4.78 is 24.6. The van der Waals surface area contributed by atoms with Crippen molar-refractivity contribution in [3.8, 4) is 45.5 Å². The zero-order valence-electron chi connectivity index (χ0n) is 30.4. The molecule has 0 amide bonds. The van der Waals surface area contributed by atoms with E-state index in [0.717, 1.165) is 93.0 Å². The van der Waals surface area contributed by atoms with Gasteiger partial charge in [-0.05, 0) is 122 Å². The van der Waals surface area contributed by atoms with Gasteiger partial charge >= 0.3 is 0 Å². The van der Waals surface area contributed by atoms with E-state index in [2.05, 4.69) is 111 Å². The summed E-state index contributed by atoms with van der Waals surface area (Å²) in [6, 6.07) is 45.8. The number of hydrogen-bond acceptors (Lipinski definition) is 6. The lowest BCUT2D eigenvalue weighted by Crippen LogP contribution is -2.19. The Hall–Kier alpha value is -5.88. The smallest absolute Gasteiger partial charge is 0.119 e. The van der Waals surface area contributed by atoms with Crippen molar-refractivity contribution in [2.45, 2.75) is 44.9 Å². The van der Waals surface area contributed by atoms with E-state index in [1.807, 2.05) is 36.4 Å². The average Bonchev–Trinajstić information content (AvgIpc) is 3.20. The first kappa shape index (κ1) is 34.2. The molecule has 0 saturated heterocycles. The van der Waals surface area contributed by atoms with E-state index in [1.54, 1.807) is 0 Å². The van der Waals surface area contributed by atoms with Gasteiger partial charge in [0.1, 0.15) is 23.0 Å². The zero-order valence-corrected chi connectivity index (χ0v) is 30.4. The molecule has 10 rings (SSSR count). The largest absolute Gasteiger partial charge is 0.494 e. The normalized spacial score (nSPS) is 15.1. The molecule has 3 aliphatic rings. The predicted octanol–water partition coefficient (Wildman–Crippen LogP) is 11.2. The molecule has 0 aliphatic carbocycles. The van der Waals surface area contributed by atoms with Gasteiger partial charge in [0.2, 0.25) is 0 Å². The number of aromatic nitrogens is 2. The van der Waals surface area contributed by atoms with E-state index < -0.39 is 0 Å². The third-order valence-electron chi connectivity index (χ3n) is 10.1. The van der Waals surface area contributed by atoms with Crippen LogP contribution >= 0.6 is 0 Å². The summed E-state index contributed by atoms with van der Waals surface area (Å²) in [5.41, 5.74) is 7.81. The maximum absolute atomic E-state index is 6.19. The Kier molecular flexibility index (Phi) is 9.93. The molecule has 0 N–H and O–H groups in total. The van der Waals surface area contributed by atoms with Gasteiger partial charge in [-0.3, -0.25) is 0 Å². The monoisotopic (exact) mass is 700 g/mol. The molecule has 0 spiro atoms. The molecule has 5 heterocycles. The third-order valence-corrected chi connectivity index (χ3v) is 10.1. The van der Waals surface area contributed by atoms with Crippen LogP contribution in [0.2, 0.25) is 0 Å². The summed E-state index contributed by atoms with van der Waals surface area (Å²) in [5.74, 6) is 3.45. The molecule has 0 atom stereocenters. The molecule has 6 nitrogen and oxygen atoms in total. The molecule has 266 valence electrons. The van der Waals surface area contributed by atoms with Crippen molar-refractivity contribution < 1.29 is 18.9 Å². The molecule has 0 saturated carbocycles. The number of benzene rings is 5. The average molecular weight is 701 g/mol. The van der Waals surface area contributed by atoms with Gasteiger partial charge in [-0.15, -0.1) is 0 Å². The van der Waals surface area contributed by atoms with Crippen LogP contribution in [0, 0.1) is 0 Å². The highest BCUT2D eigenvalue weighted by Crippen LogP contribution is 2.35. The standard InChI is InChI=1S/C47H44N2O4/c1-47(2)37-9-7-11-41(31-37)52-29-5-3-27-50-39-21-15-33(16-22-39)43-25-19-35-13-14-36-20-26-44(49-46(36)45(35)48-43)34-17-23-40(24-18-34)51-28-4-6-30-53-42-12-8-10-38(47)32-42/h7-26,31-32H,3-6,27-30H2,1-2H3. The maximum atomic E-state index is 6.19. The second-order valence-electron chi connectivity index (χ2n) is 14.1. The second-order valence-corrected chi connectivity index (χ2v) is 14.1. The summed E-state index contributed by atoms with van der Waals surface area (Å²) in [5, 5.41) is 2.11. The van der Waals surface area contributed by atoms with E-state index in [4.69, 9.17) is 28.9 Å². The van der Waals surface area contributed by atoms with Crippen molar-refractivity contribution in [1.82, 2.24) is 9.97 Å². The fourth-order valence-electron chi connectivity index (χ4n) is 6.82. The van der Waals surface area contributed by atoms with Crippen LogP contribution in [0.15, 0.2) is 133 Å². The molecule has 2 aromatic heterocycles. The van der Waals surface area contributed by atoms with Crippen molar-refractivity contribution in [3.05, 3.63) is 145 Å². The first-order valence-electron chi connectivity index (χ1n) is 18.6. The zero-order chi connectivity index (χ0) is 36.0. The van der Waals surface area contributed by atoms with Gasteiger partial charge in [0.05, 0.1) is 48.8 Å². The molecule has 3 aliphatic heterocycles. The molecule has 0 radical (unpaired) electrons. The van der Waals surface area contributed by atoms with Crippen LogP contribution in [0.5, 0.6) is 23.0 Å². The van der Waals surface area contributed by atoms with Crippen LogP contribution in [0.3, 0.4) is 0 Å². The van der Waals surface area contributed by atoms with Gasteiger partial charge < -0.3 is 18.9 Å². The van der Waals surface area contributed by atoms with E-state index in [1.165, 1.54) is 11.1 Å². The van der Waals surface area contributed by atoms with Gasteiger partial charge in [0.25, 0.3) is 0 Å². The van der Waals surface area contributed by atoms with Gasteiger partial charge in [-0.25, -0.2) is 9.97 Å². The molecule has 0 fully saturated rings. The minimum absolute atomic E-state index is 0.223. The van der Waals surface area contributed by atoms with Crippen molar-refractivity contribution in [2.75, 3.05) is 26.4 Å². The molecule has 7 aromatic rings. The Morgan fingerprint density at radius 3 is 1.21 bits per heavy atom. The minimum atomic E-state index is -0.223. The van der Waals surface area contributed by atoms with Crippen molar-refractivity contribution in [1.29, 1.82) is 0 Å². The van der Waals surface area contributed by atoms with Crippen LogP contribution in [-0.4, -0.2) is 36.4 Å². The fourth-order valence-corrected chi connectivity index (χ4v) is 6.82. The first-order chi connectivity index (χ1) is 26.0. The third kappa shape index (κ3) is 7.82. The number of fused-ring (bicyclic) bond motifs is 2. The molecular formula is C47H44N2O4. The highest BCUT2D eigenvalue weighted by molar-refractivity contribution is 6.04. The Morgan fingerprint density at radius 1 is 0.415 bits per heavy atom. The molecule has 0 unspecified atom stereocenters. The van der Waals surface area contributed by atoms with Gasteiger partial charge in [-0.2, -0.15) is 0 Å². The maximum Gasteiger partial charge on any atom is 0.119 e. The molecule has 5 aromatic carbocycles. The quantitative estimate of drug-likeness (QED) is 0.147. The summed E-state index contributed by atoms with van der Waals surface area (Å²) in [6.45, 7) is 7.00. The molecular weight excluding hydrogens is 657 g/mol. The van der Waals surface area contributed by atoms with Crippen LogP contribution in [0.4, 0.5) is 0 Å². The Bertz CT molecular complexity index is 2170. The minimum Gasteiger partial charge on any atom is -0.494 e. The van der Waals surface area contributed by atoms with E-state index >= 15 is 0 Å². The van der Waals surface area contributed by atoms with E-state index in [9.17, 15) is 0 Å². The lowest BCUT2D eigenvalue weighted by Gasteiger charge is -2.27. The van der Waals surface area contributed by atoms with E-state index in [-0.39, 0.29) is 5.41 Å². The molecule has 53 heavy (non-hydrogen) atoms. The van der Waals surface area contributed by atoms with Gasteiger partial charge in [0.15, 0.2) is 0 Å². The van der Waals surface area contributed by atoms with Crippen LogP contribution < -0.4 is 18.9 Å². The molecule has 12 bridgehead atoms. The lowest BCUT2D eigenvalue weighted by molar-refractivity contribution is 0.266. The highest BCUT2D eigenvalue weighted by atomic mass is 16.5. The van der Waals surface area contributed by atoms with Crippen LogP contribution in [0.1, 0.15) is 50.7 Å². The summed E-state index contributed by atoms with van der Waals surface area (Å²) >= 11 is 0. The topological polar surface area (TPSA) is 62.7 Å². The Balaban J connectivity index is 1.03. The van der Waals surface area contributed by atoms with Crippen LogP contribution in [-0.2, 0) is 5.41 Å². The number of ether oxygens (including phenoxy) is 4. The van der Waals surface area contributed by atoms with E-state index in [0.29, 0.717) is 26.4 Å². The summed E-state index contributed by atoms with van der Waals surface area (Å²) in [4.78, 5) is 10.2. The van der Waals surface area contributed by atoms with Gasteiger partial charge in [-0.1, -0.05) is 62.4 Å². The number of nitrogens with zero attached hydrogens (tertiary/aromatic N) is 2. The van der Waals surface area contributed by atoms with Crippen molar-refractivity contribution in [3.63, 3.8) is 0 Å². The Morgan fingerprint density at radius 2 is 0.792 bits per heavy atom. The predicted molar refractivity (Wildman–Crippen MR) is 213 cm³/mol. The Labute approximate surface area is 311 Å². The van der Waals surface area contributed by atoms with Gasteiger partial charge in [0, 0.05) is 27.3 Å². The number of pyridine rings is 2. The number of rotatable bonds is 0. The summed E-state index contributed by atoms with van der Waals surface area (Å²) in [6.07, 6.45) is 3.58. The SMILES string of the molecule is CC1(C)c2cccc(c2)OCCCCOc2ccc(cc2)-c2ccc3ccc4ccc(nc4c3n2)-c2ccc(cc2)OCCCCOc2cccc1c2. The fraction of sp³-hybridized carbons (Fsp3) is 0.234. The van der Waals surface area contributed by atoms with Crippen molar-refractivity contribution >= 4 is 21.8 Å². The second kappa shape index (κ2) is 15.4. The van der Waals surface area contributed by atoms with Crippen LogP contribution in [0.25, 0.3) is 44.3 Å². The first-order valence-corrected chi connectivity index (χ1v) is 18.6.